The highest BCUT2D eigenvalue weighted by atomic mass is 35.5. The van der Waals surface area contributed by atoms with Crippen molar-refractivity contribution in [3.63, 3.8) is 0 Å². The summed E-state index contributed by atoms with van der Waals surface area (Å²) in [6.07, 6.45) is 0.204. The lowest BCUT2D eigenvalue weighted by Gasteiger charge is -2.28. The molecule has 0 bridgehead atoms. The maximum atomic E-state index is 10.8. The molecular formula is C19H25ClN2O4. The van der Waals surface area contributed by atoms with E-state index in [-0.39, 0.29) is 30.2 Å². The first-order valence-corrected chi connectivity index (χ1v) is 8.16. The van der Waals surface area contributed by atoms with E-state index in [1.165, 1.54) is 12.1 Å². The highest BCUT2D eigenvalue weighted by Gasteiger charge is 2.19. The summed E-state index contributed by atoms with van der Waals surface area (Å²) in [6, 6.07) is 14.1. The number of rotatable bonds is 8. The minimum Gasteiger partial charge on any atom is -0.489 e. The Bertz CT molecular complexity index is 718. The van der Waals surface area contributed by atoms with Crippen molar-refractivity contribution in [1.29, 1.82) is 0 Å². The zero-order valence-electron chi connectivity index (χ0n) is 15.1. The molecule has 0 aliphatic rings. The molecule has 2 rings (SSSR count). The first-order chi connectivity index (χ1) is 11.7. The third kappa shape index (κ3) is 7.00. The SMILES string of the molecule is CC(O)NC(C)(C)Cc1ccc(OCc2cccc([N+](=O)[O-])c2)cc1.Cl. The maximum Gasteiger partial charge on any atom is 0.269 e. The number of aliphatic hydroxyl groups is 1. The molecule has 0 aromatic heterocycles. The van der Waals surface area contributed by atoms with Gasteiger partial charge in [0.1, 0.15) is 18.6 Å². The van der Waals surface area contributed by atoms with Crippen molar-refractivity contribution < 1.29 is 14.8 Å². The van der Waals surface area contributed by atoms with Gasteiger partial charge in [-0.25, -0.2) is 0 Å². The maximum absolute atomic E-state index is 10.8. The first kappa shape index (κ1) is 21.9. The second-order valence-corrected chi connectivity index (χ2v) is 6.74. The van der Waals surface area contributed by atoms with Crippen LogP contribution in [0.3, 0.4) is 0 Å². The lowest BCUT2D eigenvalue weighted by atomic mass is 9.95. The molecule has 2 aromatic carbocycles. The molecule has 0 amide bonds. The van der Waals surface area contributed by atoms with Crippen molar-refractivity contribution >= 4 is 18.1 Å². The van der Waals surface area contributed by atoms with Crippen molar-refractivity contribution in [2.75, 3.05) is 0 Å². The summed E-state index contributed by atoms with van der Waals surface area (Å²) in [7, 11) is 0. The molecule has 0 fully saturated rings. The van der Waals surface area contributed by atoms with Crippen molar-refractivity contribution in [2.45, 2.75) is 45.6 Å². The second-order valence-electron chi connectivity index (χ2n) is 6.74. The molecule has 0 aliphatic carbocycles. The fraction of sp³-hybridized carbons (Fsp3) is 0.368. The Morgan fingerprint density at radius 1 is 1.19 bits per heavy atom. The topological polar surface area (TPSA) is 84.6 Å². The molecule has 2 N–H and O–H groups in total. The van der Waals surface area contributed by atoms with Crippen LogP contribution >= 0.6 is 12.4 Å². The molecule has 0 aliphatic heterocycles. The summed E-state index contributed by atoms with van der Waals surface area (Å²) < 4.78 is 5.70. The van der Waals surface area contributed by atoms with E-state index in [2.05, 4.69) is 5.32 Å². The lowest BCUT2D eigenvalue weighted by molar-refractivity contribution is -0.384. The van der Waals surface area contributed by atoms with Crippen LogP contribution in [0.1, 0.15) is 31.9 Å². The van der Waals surface area contributed by atoms with Gasteiger partial charge in [-0.05, 0) is 50.5 Å². The van der Waals surface area contributed by atoms with E-state index in [9.17, 15) is 15.2 Å². The third-order valence-electron chi connectivity index (χ3n) is 3.70. The van der Waals surface area contributed by atoms with Gasteiger partial charge in [-0.3, -0.25) is 15.4 Å². The predicted molar refractivity (Wildman–Crippen MR) is 104 cm³/mol. The Balaban J connectivity index is 0.00000338. The normalized spacial score (nSPS) is 12.2. The minimum atomic E-state index is -0.562. The molecule has 142 valence electrons. The summed E-state index contributed by atoms with van der Waals surface area (Å²) >= 11 is 0. The summed E-state index contributed by atoms with van der Waals surface area (Å²) in [5.41, 5.74) is 1.71. The number of nitrogens with one attached hydrogen (secondary N) is 1. The van der Waals surface area contributed by atoms with Crippen molar-refractivity contribution in [3.8, 4) is 5.75 Å². The van der Waals surface area contributed by atoms with Crippen molar-refractivity contribution in [2.24, 2.45) is 0 Å². The van der Waals surface area contributed by atoms with Gasteiger partial charge >= 0.3 is 0 Å². The minimum absolute atomic E-state index is 0. The van der Waals surface area contributed by atoms with Gasteiger partial charge in [0, 0.05) is 17.7 Å². The van der Waals surface area contributed by atoms with Gasteiger partial charge in [-0.1, -0.05) is 24.3 Å². The molecule has 2 aromatic rings. The van der Waals surface area contributed by atoms with E-state index in [0.29, 0.717) is 5.75 Å². The van der Waals surface area contributed by atoms with E-state index in [4.69, 9.17) is 4.74 Å². The van der Waals surface area contributed by atoms with Crippen LogP contribution in [0.5, 0.6) is 5.75 Å². The van der Waals surface area contributed by atoms with Gasteiger partial charge < -0.3 is 9.84 Å². The smallest absolute Gasteiger partial charge is 0.269 e. The predicted octanol–water partition coefficient (Wildman–Crippen LogP) is 3.84. The number of nitro benzene ring substituents is 1. The monoisotopic (exact) mass is 380 g/mol. The zero-order valence-corrected chi connectivity index (χ0v) is 16.0. The largest absolute Gasteiger partial charge is 0.489 e. The highest BCUT2D eigenvalue weighted by molar-refractivity contribution is 5.85. The molecule has 1 unspecified atom stereocenters. The molecule has 6 nitrogen and oxygen atoms in total. The second kappa shape index (κ2) is 9.52. The fourth-order valence-corrected chi connectivity index (χ4v) is 2.76. The average molecular weight is 381 g/mol. The number of nitro groups is 1. The van der Waals surface area contributed by atoms with E-state index in [1.807, 2.05) is 38.1 Å². The quantitative estimate of drug-likeness (QED) is 0.413. The molecule has 7 heteroatoms. The number of non-ortho nitro benzene ring substituents is 1. The van der Waals surface area contributed by atoms with Crippen LogP contribution in [-0.2, 0) is 13.0 Å². The number of ether oxygens (including phenoxy) is 1. The van der Waals surface area contributed by atoms with Crippen molar-refractivity contribution in [1.82, 2.24) is 5.32 Å². The van der Waals surface area contributed by atoms with Gasteiger partial charge in [-0.2, -0.15) is 0 Å². The Morgan fingerprint density at radius 2 is 1.85 bits per heavy atom. The molecule has 0 saturated heterocycles. The Hall–Kier alpha value is -2.15. The third-order valence-corrected chi connectivity index (χ3v) is 3.70. The van der Waals surface area contributed by atoms with E-state index >= 15 is 0 Å². The molecule has 0 radical (unpaired) electrons. The van der Waals surface area contributed by atoms with Crippen LogP contribution in [0.4, 0.5) is 5.69 Å². The number of nitrogens with zero attached hydrogens (tertiary/aromatic N) is 1. The van der Waals surface area contributed by atoms with E-state index in [1.54, 1.807) is 19.1 Å². The first-order valence-electron chi connectivity index (χ1n) is 8.16. The van der Waals surface area contributed by atoms with Crippen LogP contribution in [0.2, 0.25) is 0 Å². The Morgan fingerprint density at radius 3 is 2.42 bits per heavy atom. The molecular weight excluding hydrogens is 356 g/mol. The van der Waals surface area contributed by atoms with Gasteiger partial charge in [0.2, 0.25) is 0 Å². The number of benzene rings is 2. The summed E-state index contributed by atoms with van der Waals surface area (Å²) in [6.45, 7) is 6.04. The number of halogens is 1. The molecule has 0 saturated carbocycles. The van der Waals surface area contributed by atoms with Crippen LogP contribution < -0.4 is 10.1 Å². The van der Waals surface area contributed by atoms with Crippen LogP contribution in [0, 0.1) is 10.1 Å². The van der Waals surface area contributed by atoms with Crippen LogP contribution in [0.25, 0.3) is 0 Å². The van der Waals surface area contributed by atoms with Crippen LogP contribution in [0.15, 0.2) is 48.5 Å². The number of hydrogen-bond donors (Lipinski definition) is 2. The molecule has 0 spiro atoms. The number of hydrogen-bond acceptors (Lipinski definition) is 5. The Kier molecular flexibility index (Phi) is 8.02. The van der Waals surface area contributed by atoms with Gasteiger partial charge in [0.25, 0.3) is 5.69 Å². The van der Waals surface area contributed by atoms with Gasteiger partial charge in [0.05, 0.1) is 4.92 Å². The standard InChI is InChI=1S/C19H24N2O4.ClH/c1-14(22)20-19(2,3)12-15-7-9-18(10-8-15)25-13-16-5-4-6-17(11-16)21(23)24;/h4-11,14,20,22H,12-13H2,1-3H3;1H. The summed E-state index contributed by atoms with van der Waals surface area (Å²) in [5.74, 6) is 0.705. The highest BCUT2D eigenvalue weighted by Crippen LogP contribution is 2.19. The summed E-state index contributed by atoms with van der Waals surface area (Å²) in [5, 5.41) is 23.4. The van der Waals surface area contributed by atoms with Gasteiger partial charge in [0.15, 0.2) is 0 Å². The number of aliphatic hydroxyl groups excluding tert-OH is 1. The van der Waals surface area contributed by atoms with E-state index in [0.717, 1.165) is 17.5 Å². The Labute approximate surface area is 159 Å². The molecule has 1 atom stereocenters. The van der Waals surface area contributed by atoms with Gasteiger partial charge in [-0.15, -0.1) is 12.4 Å². The zero-order chi connectivity index (χ0) is 18.4. The molecule has 26 heavy (non-hydrogen) atoms. The fourth-order valence-electron chi connectivity index (χ4n) is 2.76. The molecule has 0 heterocycles. The summed E-state index contributed by atoms with van der Waals surface area (Å²) in [4.78, 5) is 10.4. The van der Waals surface area contributed by atoms with Crippen LogP contribution in [-0.4, -0.2) is 21.8 Å². The van der Waals surface area contributed by atoms with Crippen molar-refractivity contribution in [3.05, 3.63) is 69.8 Å². The van der Waals surface area contributed by atoms with E-state index < -0.39 is 11.2 Å². The average Bonchev–Trinajstić information content (AvgIpc) is 2.53. The lowest BCUT2D eigenvalue weighted by Crippen LogP contribution is -2.46.